The number of aliphatic hydroxyl groups is 1. The minimum atomic E-state index is -1.48. The predicted octanol–water partition coefficient (Wildman–Crippen LogP) is 1.89. The number of unbranched alkanes of at least 4 members (excludes halogenated alkanes) is 2. The van der Waals surface area contributed by atoms with Crippen molar-refractivity contribution >= 4 is 11.9 Å². The van der Waals surface area contributed by atoms with Gasteiger partial charge in [0.15, 0.2) is 0 Å². The number of hydrogen-bond acceptors (Lipinski definition) is 3. The van der Waals surface area contributed by atoms with Crippen LogP contribution >= 0.6 is 0 Å². The number of hydrogen-bond donors (Lipinski definition) is 2. The molecule has 1 aliphatic rings. The first-order valence-corrected chi connectivity index (χ1v) is 7.10. The van der Waals surface area contributed by atoms with Gasteiger partial charge in [-0.2, -0.15) is 0 Å². The zero-order valence-electron chi connectivity index (χ0n) is 12.2. The van der Waals surface area contributed by atoms with E-state index in [1.807, 2.05) is 0 Å². The van der Waals surface area contributed by atoms with Crippen LogP contribution in [0.15, 0.2) is 18.2 Å². The molecule has 22 heavy (non-hydrogen) atoms. The van der Waals surface area contributed by atoms with E-state index in [4.69, 9.17) is 5.11 Å². The van der Waals surface area contributed by atoms with Crippen molar-refractivity contribution in [3.05, 3.63) is 35.4 Å². The lowest BCUT2D eigenvalue weighted by molar-refractivity contribution is -0.131. The predicted molar refractivity (Wildman–Crippen MR) is 74.9 cm³/mol. The Morgan fingerprint density at radius 2 is 1.77 bits per heavy atom. The largest absolute Gasteiger partial charge is 0.396 e. The number of amides is 3. The number of urea groups is 1. The van der Waals surface area contributed by atoms with E-state index in [0.29, 0.717) is 25.3 Å². The molecular weight excluding hydrogens is 294 g/mol. The first kappa shape index (κ1) is 16.4. The Morgan fingerprint density at radius 3 is 2.36 bits per heavy atom. The summed E-state index contributed by atoms with van der Waals surface area (Å²) in [7, 11) is 0. The number of carbonyl (C=O) groups is 2. The summed E-state index contributed by atoms with van der Waals surface area (Å²) in [5.41, 5.74) is -1.40. The molecule has 1 fully saturated rings. The smallest absolute Gasteiger partial charge is 0.325 e. The molecule has 0 saturated carbocycles. The van der Waals surface area contributed by atoms with Crippen LogP contribution in [0.1, 0.15) is 31.7 Å². The van der Waals surface area contributed by atoms with Crippen LogP contribution in [0.2, 0.25) is 0 Å². The third kappa shape index (κ3) is 3.09. The zero-order chi connectivity index (χ0) is 16.3. The average molecular weight is 312 g/mol. The fraction of sp³-hybridized carbons (Fsp3) is 0.467. The number of aliphatic hydroxyl groups excluding tert-OH is 1. The summed E-state index contributed by atoms with van der Waals surface area (Å²) in [6, 6.07) is 2.20. The molecule has 1 aliphatic heterocycles. The highest BCUT2D eigenvalue weighted by atomic mass is 19.1. The topological polar surface area (TPSA) is 69.6 Å². The molecule has 0 bridgehead atoms. The number of benzene rings is 1. The maximum Gasteiger partial charge on any atom is 0.325 e. The first-order valence-electron chi connectivity index (χ1n) is 7.10. The van der Waals surface area contributed by atoms with Gasteiger partial charge in [-0.05, 0) is 43.9 Å². The van der Waals surface area contributed by atoms with Gasteiger partial charge in [0.1, 0.15) is 17.2 Å². The quantitative estimate of drug-likeness (QED) is 0.622. The molecule has 7 heteroatoms. The van der Waals surface area contributed by atoms with Crippen LogP contribution in [-0.4, -0.2) is 35.1 Å². The fourth-order valence-corrected chi connectivity index (χ4v) is 2.50. The third-order valence-corrected chi connectivity index (χ3v) is 3.75. The molecular formula is C15H18F2N2O3. The number of imide groups is 1. The molecule has 1 saturated heterocycles. The van der Waals surface area contributed by atoms with Crippen molar-refractivity contribution in [2.45, 2.75) is 31.7 Å². The minimum Gasteiger partial charge on any atom is -0.396 e. The van der Waals surface area contributed by atoms with Crippen LogP contribution in [0.3, 0.4) is 0 Å². The van der Waals surface area contributed by atoms with E-state index in [9.17, 15) is 18.4 Å². The Hall–Kier alpha value is -2.02. The normalized spacial score (nSPS) is 21.4. The van der Waals surface area contributed by atoms with Crippen molar-refractivity contribution in [2.75, 3.05) is 13.2 Å². The number of nitrogens with zero attached hydrogens (tertiary/aromatic N) is 1. The van der Waals surface area contributed by atoms with Gasteiger partial charge in [0.25, 0.3) is 5.91 Å². The van der Waals surface area contributed by atoms with Crippen molar-refractivity contribution in [3.8, 4) is 0 Å². The van der Waals surface area contributed by atoms with Gasteiger partial charge in [0, 0.05) is 19.2 Å². The van der Waals surface area contributed by atoms with Crippen LogP contribution in [-0.2, 0) is 10.3 Å². The summed E-state index contributed by atoms with van der Waals surface area (Å²) in [4.78, 5) is 25.5. The summed E-state index contributed by atoms with van der Waals surface area (Å²) < 4.78 is 26.7. The lowest BCUT2D eigenvalue weighted by Crippen LogP contribution is -2.41. The fourth-order valence-electron chi connectivity index (χ4n) is 2.50. The highest BCUT2D eigenvalue weighted by Crippen LogP contribution is 2.30. The Balaban J connectivity index is 2.18. The van der Waals surface area contributed by atoms with E-state index in [1.165, 1.54) is 6.92 Å². The second kappa shape index (κ2) is 6.39. The first-order chi connectivity index (χ1) is 10.4. The molecule has 1 atom stereocenters. The van der Waals surface area contributed by atoms with Crippen LogP contribution < -0.4 is 5.32 Å². The van der Waals surface area contributed by atoms with E-state index in [0.717, 1.165) is 17.0 Å². The van der Waals surface area contributed by atoms with Crippen LogP contribution in [0.25, 0.3) is 0 Å². The van der Waals surface area contributed by atoms with Crippen molar-refractivity contribution < 1.29 is 23.5 Å². The Kier molecular flexibility index (Phi) is 4.75. The summed E-state index contributed by atoms with van der Waals surface area (Å²) >= 11 is 0. The van der Waals surface area contributed by atoms with E-state index < -0.39 is 29.1 Å². The Labute approximate surface area is 126 Å². The molecule has 1 heterocycles. The summed E-state index contributed by atoms with van der Waals surface area (Å²) in [6.07, 6.45) is 1.84. The molecule has 3 amide bonds. The Bertz CT molecular complexity index is 574. The van der Waals surface area contributed by atoms with Gasteiger partial charge < -0.3 is 10.4 Å². The van der Waals surface area contributed by atoms with Gasteiger partial charge in [0.2, 0.25) is 0 Å². The molecule has 1 aromatic carbocycles. The maximum atomic E-state index is 13.4. The molecule has 0 radical (unpaired) electrons. The van der Waals surface area contributed by atoms with Crippen LogP contribution in [0.5, 0.6) is 0 Å². The summed E-state index contributed by atoms with van der Waals surface area (Å²) in [5.74, 6) is -2.15. The van der Waals surface area contributed by atoms with E-state index in [2.05, 4.69) is 5.32 Å². The number of carbonyl (C=O) groups excluding carboxylic acids is 2. The van der Waals surface area contributed by atoms with Gasteiger partial charge in [-0.15, -0.1) is 0 Å². The molecule has 120 valence electrons. The van der Waals surface area contributed by atoms with Crippen molar-refractivity contribution in [2.24, 2.45) is 0 Å². The van der Waals surface area contributed by atoms with E-state index in [-0.39, 0.29) is 18.7 Å². The molecule has 0 aromatic heterocycles. The van der Waals surface area contributed by atoms with Gasteiger partial charge in [-0.25, -0.2) is 13.6 Å². The summed E-state index contributed by atoms with van der Waals surface area (Å²) in [5, 5.41) is 11.2. The zero-order valence-corrected chi connectivity index (χ0v) is 12.2. The van der Waals surface area contributed by atoms with E-state index in [1.54, 1.807) is 0 Å². The van der Waals surface area contributed by atoms with Gasteiger partial charge in [0.05, 0.1) is 0 Å². The summed E-state index contributed by atoms with van der Waals surface area (Å²) in [6.45, 7) is 1.69. The standard InChI is InChI=1S/C15H18F2N2O3/c1-15(10-7-11(16)9-12(17)8-10)13(21)19(14(22)18-15)5-3-2-4-6-20/h7-9,20H,2-6H2,1H3,(H,18,22). The van der Waals surface area contributed by atoms with Crippen molar-refractivity contribution in [1.29, 1.82) is 0 Å². The maximum absolute atomic E-state index is 13.4. The molecule has 0 aliphatic carbocycles. The number of nitrogens with one attached hydrogen (secondary N) is 1. The Morgan fingerprint density at radius 1 is 1.14 bits per heavy atom. The second-order valence-corrected chi connectivity index (χ2v) is 5.45. The van der Waals surface area contributed by atoms with Crippen LogP contribution in [0, 0.1) is 11.6 Å². The molecule has 1 aromatic rings. The molecule has 0 spiro atoms. The van der Waals surface area contributed by atoms with Gasteiger partial charge in [-0.1, -0.05) is 0 Å². The van der Waals surface area contributed by atoms with Crippen molar-refractivity contribution in [1.82, 2.24) is 10.2 Å². The van der Waals surface area contributed by atoms with Crippen LogP contribution in [0.4, 0.5) is 13.6 Å². The van der Waals surface area contributed by atoms with Gasteiger partial charge in [-0.3, -0.25) is 9.69 Å². The number of rotatable bonds is 6. The SMILES string of the molecule is CC1(c2cc(F)cc(F)c2)NC(=O)N(CCCCCO)C1=O. The average Bonchev–Trinajstić information content (AvgIpc) is 2.66. The minimum absolute atomic E-state index is 0.0560. The van der Waals surface area contributed by atoms with E-state index >= 15 is 0 Å². The molecule has 1 unspecified atom stereocenters. The number of halogens is 2. The molecule has 2 N–H and O–H groups in total. The highest BCUT2D eigenvalue weighted by Gasteiger charge is 2.48. The highest BCUT2D eigenvalue weighted by molar-refractivity contribution is 6.07. The lowest BCUT2D eigenvalue weighted by atomic mass is 9.92. The monoisotopic (exact) mass is 312 g/mol. The van der Waals surface area contributed by atoms with Gasteiger partial charge >= 0.3 is 6.03 Å². The lowest BCUT2D eigenvalue weighted by Gasteiger charge is -2.22. The van der Waals surface area contributed by atoms with Crippen molar-refractivity contribution in [3.63, 3.8) is 0 Å². The third-order valence-electron chi connectivity index (χ3n) is 3.75. The molecule has 5 nitrogen and oxygen atoms in total. The second-order valence-electron chi connectivity index (χ2n) is 5.45. The molecule has 2 rings (SSSR count).